The van der Waals surface area contributed by atoms with E-state index in [2.05, 4.69) is 133 Å². The average molecular weight is 1810 g/mol. The molecule has 3 aromatic heterocycles. The Morgan fingerprint density at radius 3 is 1.41 bits per heavy atom. The van der Waals surface area contributed by atoms with Gasteiger partial charge in [-0.3, -0.25) is 9.80 Å². The first kappa shape index (κ1) is 90.2. The summed E-state index contributed by atoms with van der Waals surface area (Å²) in [6.07, 6.45) is 6.60. The number of ether oxygens (including phenoxy) is 3. The van der Waals surface area contributed by atoms with E-state index < -0.39 is 36.5 Å². The van der Waals surface area contributed by atoms with Crippen molar-refractivity contribution in [2.45, 2.75) is 49.4 Å². The summed E-state index contributed by atoms with van der Waals surface area (Å²) in [5.74, 6) is 3.85. The topological polar surface area (TPSA) is 328 Å². The van der Waals surface area contributed by atoms with Crippen LogP contribution >= 0.6 is 72.2 Å². The first-order valence-corrected chi connectivity index (χ1v) is 49.8. The zero-order chi connectivity index (χ0) is 85.0. The van der Waals surface area contributed by atoms with Crippen LogP contribution in [0.25, 0.3) is 0 Å². The van der Waals surface area contributed by atoms with Gasteiger partial charge in [-0.25, -0.2) is 28.2 Å². The molecule has 0 bridgehead atoms. The van der Waals surface area contributed by atoms with Crippen LogP contribution in [0.5, 0.6) is 17.2 Å². The Bertz CT molecular complexity index is 5310. The lowest BCUT2D eigenvalue weighted by Gasteiger charge is -2.43. The van der Waals surface area contributed by atoms with Crippen LogP contribution in [0.2, 0.25) is 15.1 Å². The Morgan fingerprint density at radius 1 is 0.508 bits per heavy atom. The zero-order valence-corrected chi connectivity index (χ0v) is 76.1. The van der Waals surface area contributed by atoms with E-state index in [9.17, 15) is 26.9 Å². The molecule has 118 heavy (non-hydrogen) atoms. The molecular weight excluding hydrogens is 1710 g/mol. The van der Waals surface area contributed by atoms with Crippen molar-refractivity contribution >= 4 is 185 Å². The lowest BCUT2D eigenvalue weighted by atomic mass is 10.0. The van der Waals surface area contributed by atoms with Gasteiger partial charge in [0.05, 0.1) is 84.2 Å². The number of rotatable bonds is 25. The molecule has 632 valence electrons. The fraction of sp³-hybridized carbons (Fsp3) is 0.395. The van der Waals surface area contributed by atoms with Gasteiger partial charge in [-0.05, 0) is 171 Å². The van der Waals surface area contributed by atoms with Gasteiger partial charge < -0.3 is 90.0 Å². The molecule has 0 aliphatic carbocycles. The molecule has 9 aromatic rings. The number of nitrogens with two attached hydrogens (primary N) is 1. The fourth-order valence-corrected chi connectivity index (χ4v) is 19.2. The van der Waals surface area contributed by atoms with Gasteiger partial charge in [0.25, 0.3) is 0 Å². The molecule has 4 saturated heterocycles. The predicted octanol–water partition coefficient (Wildman–Crippen LogP) is 14.7. The number of urea groups is 1. The van der Waals surface area contributed by atoms with Crippen LogP contribution in [0.1, 0.15) is 32.3 Å². The molecule has 4 fully saturated rings. The summed E-state index contributed by atoms with van der Waals surface area (Å²) in [7, 11) is -2.12. The largest absolute Gasteiger partial charge is 0.495 e. The molecule has 0 unspecified atom stereocenters. The third-order valence-electron chi connectivity index (χ3n) is 20.7. The number of halogens is 4. The summed E-state index contributed by atoms with van der Waals surface area (Å²) >= 11 is 22.7. The monoisotopic (exact) mass is 1810 g/mol. The normalized spacial score (nSPS) is 15.6. The second kappa shape index (κ2) is 39.8. The van der Waals surface area contributed by atoms with Crippen LogP contribution in [0, 0.1) is 0 Å². The number of amides is 2. The first-order valence-electron chi connectivity index (χ1n) is 38.6. The van der Waals surface area contributed by atoms with E-state index in [1.807, 2.05) is 72.8 Å². The predicted molar refractivity (Wildman–Crippen MR) is 487 cm³/mol. The van der Waals surface area contributed by atoms with Gasteiger partial charge in [0, 0.05) is 148 Å². The molecule has 29 nitrogen and oxygen atoms in total. The zero-order valence-electron chi connectivity index (χ0n) is 68.7. The third kappa shape index (κ3) is 23.7. The number of hydrogen-bond acceptors (Lipinski definition) is 27. The van der Waals surface area contributed by atoms with Gasteiger partial charge in [0.2, 0.25) is 17.8 Å². The van der Waals surface area contributed by atoms with E-state index in [0.29, 0.717) is 110 Å². The standard InChI is InChI=1S/C29H38ClN8O3P.C28H38ClN6O4PS.C24H29BrClN6O2P/c1-41-25-18-21(36-12-10-20(11-13-36)37-14-16-38(17-15-37)28(31)39)8-9-23(25)34-29-32-19-22(30)27(35-29)33-24-6-4-5-7-26(24)42(2,3)40;1-19(2)41(37,38)26-15-20(18-35-13-11-34(3)12-14-35)7-9-24(26)31-27-22(29)17-30-28(33-27)32-23-10-8-21(40(5,6)36)16-25(23)39-4;1-31-9-11-32(12-10-31)17-6-8-19(21(14-17)34-2)29-24-27-15-18(26)23(30-24)28-20-7-5-16(25)13-22(20)35(3,4)33/h4-9,18-20H,10-17H2,1-3H3,(H2,31,39)(H2,32,33,34,35);7-10,15-17,19H,11-14,18H2,1-6H3,(H2,30,31,32,33);5-8,13-15H,9-12H2,1-4H3,(H2,27,28,29,30). The van der Waals surface area contributed by atoms with Crippen molar-refractivity contribution < 1.29 is 41.1 Å². The minimum absolute atomic E-state index is 0.198. The number of carbonyl (C=O) groups excluding carboxylic acids is 1. The van der Waals surface area contributed by atoms with E-state index in [1.165, 1.54) is 25.7 Å². The minimum Gasteiger partial charge on any atom is -0.495 e. The van der Waals surface area contributed by atoms with Crippen molar-refractivity contribution in [3.63, 3.8) is 0 Å². The highest BCUT2D eigenvalue weighted by atomic mass is 79.9. The van der Waals surface area contributed by atoms with Crippen molar-refractivity contribution in [1.82, 2.24) is 54.4 Å². The Balaban J connectivity index is 0.000000174. The molecule has 2 amide bonds. The van der Waals surface area contributed by atoms with Crippen LogP contribution in [0.4, 0.5) is 85.6 Å². The molecule has 0 saturated carbocycles. The smallest absolute Gasteiger partial charge is 0.314 e. The highest BCUT2D eigenvalue weighted by Crippen LogP contribution is 2.44. The van der Waals surface area contributed by atoms with Crippen LogP contribution in [0.3, 0.4) is 0 Å². The Labute approximate surface area is 715 Å². The summed E-state index contributed by atoms with van der Waals surface area (Å²) in [6, 6.07) is 36.0. The van der Waals surface area contributed by atoms with Gasteiger partial charge in [-0.2, -0.15) is 15.0 Å². The molecule has 0 atom stereocenters. The number of aromatic nitrogens is 6. The summed E-state index contributed by atoms with van der Waals surface area (Å²) in [5, 5.41) is 21.6. The lowest BCUT2D eigenvalue weighted by Crippen LogP contribution is -2.55. The molecule has 37 heteroatoms. The van der Waals surface area contributed by atoms with Crippen molar-refractivity contribution in [3.05, 3.63) is 159 Å². The molecule has 6 aromatic carbocycles. The maximum Gasteiger partial charge on any atom is 0.314 e. The molecule has 0 radical (unpaired) electrons. The van der Waals surface area contributed by atoms with Gasteiger partial charge in [0.1, 0.15) is 53.7 Å². The number of piperidine rings is 1. The van der Waals surface area contributed by atoms with Crippen LogP contribution < -0.4 is 77.6 Å². The molecule has 4 aliphatic heterocycles. The van der Waals surface area contributed by atoms with E-state index in [0.717, 1.165) is 129 Å². The Hall–Kier alpha value is -8.54. The Kier molecular flexibility index (Phi) is 30.4. The van der Waals surface area contributed by atoms with Gasteiger partial charge in [-0.1, -0.05) is 68.9 Å². The number of anilines is 14. The van der Waals surface area contributed by atoms with Crippen LogP contribution in [-0.2, 0) is 30.1 Å². The molecular formula is C81H105BrCl3N20O9P3S. The van der Waals surface area contributed by atoms with E-state index in [4.69, 9.17) is 54.7 Å². The van der Waals surface area contributed by atoms with Crippen molar-refractivity contribution in [3.8, 4) is 17.2 Å². The second-order valence-corrected chi connectivity index (χ2v) is 44.9. The van der Waals surface area contributed by atoms with Crippen molar-refractivity contribution in [2.75, 3.05) is 209 Å². The number of carbonyl (C=O) groups is 1. The molecule has 7 heterocycles. The Morgan fingerprint density at radius 2 is 0.941 bits per heavy atom. The third-order valence-corrected chi connectivity index (χ3v) is 28.9. The van der Waals surface area contributed by atoms with Crippen molar-refractivity contribution in [2.24, 2.45) is 5.73 Å². The van der Waals surface area contributed by atoms with Crippen LogP contribution in [-0.4, -0.2) is 247 Å². The molecule has 0 spiro atoms. The number of sulfone groups is 1. The number of para-hydroxylation sites is 1. The first-order chi connectivity index (χ1) is 56.0. The van der Waals surface area contributed by atoms with Crippen LogP contribution in [0.15, 0.2) is 143 Å². The molecule has 4 aliphatic rings. The van der Waals surface area contributed by atoms with E-state index in [1.54, 1.807) is 103 Å². The molecule has 8 N–H and O–H groups in total. The summed E-state index contributed by atoms with van der Waals surface area (Å²) in [5.41, 5.74) is 12.4. The fourth-order valence-electron chi connectivity index (χ4n) is 13.9. The number of likely N-dealkylation sites (N-methyl/N-ethyl adjacent to an activating group) is 2. The summed E-state index contributed by atoms with van der Waals surface area (Å²) in [6.45, 7) is 27.2. The quantitative estimate of drug-likeness (QED) is 0.0261. The number of benzene rings is 6. The maximum atomic E-state index is 13.4. The van der Waals surface area contributed by atoms with Gasteiger partial charge in [0.15, 0.2) is 27.3 Å². The number of methoxy groups -OCH3 is 3. The highest BCUT2D eigenvalue weighted by molar-refractivity contribution is 9.10. The number of nitrogens with one attached hydrogen (secondary N) is 6. The van der Waals surface area contributed by atoms with E-state index >= 15 is 0 Å². The maximum absolute atomic E-state index is 13.4. The number of hydrogen-bond donors (Lipinski definition) is 7. The van der Waals surface area contributed by atoms with Crippen molar-refractivity contribution in [1.29, 1.82) is 0 Å². The summed E-state index contributed by atoms with van der Waals surface area (Å²) < 4.78 is 82.7. The summed E-state index contributed by atoms with van der Waals surface area (Å²) in [4.78, 5) is 54.1. The van der Waals surface area contributed by atoms with E-state index in [-0.39, 0.29) is 27.7 Å². The number of nitrogens with zero attached hydrogens (tertiary/aromatic N) is 13. The average Bonchev–Trinajstić information content (AvgIpc) is 0.792. The molecule has 13 rings (SSSR count). The second-order valence-electron chi connectivity index (χ2n) is 30.7. The SMILES string of the molecule is COc1cc(N2CCC(N3CCN(C(N)=O)CC3)CC2)ccc1Nc1ncc(Cl)c(Nc2ccccc2P(C)(C)=O)n1.COc1cc(N2CCN(C)CC2)ccc1Nc1ncc(Cl)c(Nc2ccc(Br)cc2P(C)(C)=O)n1.COc1cc(P(C)(C)=O)ccc1Nc1ncc(Cl)c(Nc2ccc(CN3CCN(C)CC3)cc2S(=O)(=O)C(C)C)n1. The van der Waals surface area contributed by atoms with Gasteiger partial charge >= 0.3 is 6.03 Å². The van der Waals surface area contributed by atoms with Gasteiger partial charge in [-0.15, -0.1) is 0 Å². The lowest BCUT2D eigenvalue weighted by molar-refractivity contribution is 0.0995. The number of piperazine rings is 3. The number of primary amides is 1. The highest BCUT2D eigenvalue weighted by Gasteiger charge is 2.31. The minimum atomic E-state index is -3.63.